The maximum atomic E-state index is 12.0. The van der Waals surface area contributed by atoms with Crippen molar-refractivity contribution in [1.82, 2.24) is 5.32 Å². The highest BCUT2D eigenvalue weighted by atomic mass is 32.2. The fourth-order valence-electron chi connectivity index (χ4n) is 2.16. The first-order chi connectivity index (χ1) is 11.5. The van der Waals surface area contributed by atoms with E-state index in [1.165, 1.54) is 0 Å². The highest BCUT2D eigenvalue weighted by molar-refractivity contribution is 7.84. The van der Waals surface area contributed by atoms with Crippen LogP contribution in [-0.4, -0.2) is 30.1 Å². The molecule has 0 saturated heterocycles. The summed E-state index contributed by atoms with van der Waals surface area (Å²) >= 11 is 0. The molecule has 0 bridgehead atoms. The third-order valence-corrected chi connectivity index (χ3v) is 4.66. The number of rotatable bonds is 6. The molecule has 0 heterocycles. The first-order valence-corrected chi connectivity index (χ1v) is 9.34. The molecule has 0 spiro atoms. The number of carbonyl (C=O) groups excluding carboxylic acids is 1. The van der Waals surface area contributed by atoms with Crippen molar-refractivity contribution in [3.05, 3.63) is 54.1 Å². The van der Waals surface area contributed by atoms with Crippen LogP contribution in [0.3, 0.4) is 0 Å². The Labute approximate surface area is 145 Å². The molecular formula is C18H23N3O2S. The Bertz CT molecular complexity index is 716. The third-order valence-electron chi connectivity index (χ3n) is 3.73. The van der Waals surface area contributed by atoms with E-state index in [-0.39, 0.29) is 6.03 Å². The first kappa shape index (κ1) is 18.0. The monoisotopic (exact) mass is 345 g/mol. The van der Waals surface area contributed by atoms with Gasteiger partial charge in [-0.2, -0.15) is 0 Å². The number of hydrogen-bond donors (Lipinski definition) is 2. The zero-order chi connectivity index (χ0) is 17.5. The lowest BCUT2D eigenvalue weighted by Gasteiger charge is -2.17. The fourth-order valence-corrected chi connectivity index (χ4v) is 2.68. The van der Waals surface area contributed by atoms with E-state index in [0.717, 1.165) is 28.4 Å². The lowest BCUT2D eigenvalue weighted by Crippen LogP contribution is -2.28. The van der Waals surface area contributed by atoms with E-state index in [0.29, 0.717) is 6.54 Å². The van der Waals surface area contributed by atoms with Gasteiger partial charge in [0.1, 0.15) is 0 Å². The molecule has 0 unspecified atom stereocenters. The zero-order valence-corrected chi connectivity index (χ0v) is 15.0. The molecule has 2 amide bonds. The molecule has 0 fully saturated rings. The summed E-state index contributed by atoms with van der Waals surface area (Å²) in [5.74, 6) is 0. The predicted molar refractivity (Wildman–Crippen MR) is 100 cm³/mol. The molecule has 24 heavy (non-hydrogen) atoms. The molecule has 5 nitrogen and oxygen atoms in total. The van der Waals surface area contributed by atoms with Gasteiger partial charge in [0.15, 0.2) is 0 Å². The van der Waals surface area contributed by atoms with Crippen LogP contribution in [0, 0.1) is 0 Å². The number of urea groups is 1. The van der Waals surface area contributed by atoms with Gasteiger partial charge in [0.2, 0.25) is 0 Å². The highest BCUT2D eigenvalue weighted by Gasteiger charge is 2.05. The van der Waals surface area contributed by atoms with Crippen molar-refractivity contribution in [1.29, 1.82) is 0 Å². The Kier molecular flexibility index (Phi) is 6.37. The number of amides is 2. The molecule has 0 aliphatic heterocycles. The molecule has 0 aliphatic rings. The van der Waals surface area contributed by atoms with Gasteiger partial charge in [0, 0.05) is 53.5 Å². The van der Waals surface area contributed by atoms with E-state index in [1.807, 2.05) is 55.6 Å². The second-order valence-corrected chi connectivity index (χ2v) is 6.85. The van der Waals surface area contributed by atoms with Crippen LogP contribution in [0.25, 0.3) is 0 Å². The second-order valence-electron chi connectivity index (χ2n) is 5.47. The number of hydrogen-bond acceptors (Lipinski definition) is 3. The predicted octanol–water partition coefficient (Wildman–Crippen LogP) is 3.20. The second kappa shape index (κ2) is 8.49. The van der Waals surface area contributed by atoms with Gasteiger partial charge in [-0.1, -0.05) is 18.2 Å². The van der Waals surface area contributed by atoms with E-state index in [2.05, 4.69) is 22.5 Å². The van der Waals surface area contributed by atoms with Crippen molar-refractivity contribution >= 4 is 28.2 Å². The smallest absolute Gasteiger partial charge is 0.319 e. The van der Waals surface area contributed by atoms with Crippen molar-refractivity contribution in [3.63, 3.8) is 0 Å². The first-order valence-electron chi connectivity index (χ1n) is 7.78. The lowest BCUT2D eigenvalue weighted by atomic mass is 10.2. The molecule has 2 aromatic rings. The summed E-state index contributed by atoms with van der Waals surface area (Å²) in [4.78, 5) is 14.9. The van der Waals surface area contributed by atoms with Crippen molar-refractivity contribution in [3.8, 4) is 0 Å². The van der Waals surface area contributed by atoms with Crippen LogP contribution in [0.1, 0.15) is 12.5 Å². The van der Waals surface area contributed by atoms with Crippen molar-refractivity contribution in [2.24, 2.45) is 0 Å². The molecule has 0 aromatic heterocycles. The summed E-state index contributed by atoms with van der Waals surface area (Å²) in [6.07, 6.45) is 1.64. The van der Waals surface area contributed by atoms with Crippen LogP contribution >= 0.6 is 0 Å². The molecule has 0 saturated carbocycles. The summed E-state index contributed by atoms with van der Waals surface area (Å²) < 4.78 is 11.4. The minimum atomic E-state index is -0.987. The summed E-state index contributed by atoms with van der Waals surface area (Å²) in [6, 6.07) is 14.8. The third kappa shape index (κ3) is 5.09. The SMILES string of the molecule is CCN(C)c1cccc(NC(=O)NCc2ccc([S@@](C)=O)cc2)c1. The number of benzene rings is 2. The topological polar surface area (TPSA) is 61.4 Å². The van der Waals surface area contributed by atoms with Gasteiger partial charge in [-0.05, 0) is 42.8 Å². The van der Waals surface area contributed by atoms with Gasteiger partial charge in [0.05, 0.1) is 0 Å². The van der Waals surface area contributed by atoms with E-state index < -0.39 is 10.8 Å². The van der Waals surface area contributed by atoms with E-state index in [4.69, 9.17) is 0 Å². The maximum Gasteiger partial charge on any atom is 0.319 e. The fraction of sp³-hybridized carbons (Fsp3) is 0.278. The van der Waals surface area contributed by atoms with Gasteiger partial charge in [-0.3, -0.25) is 4.21 Å². The quantitative estimate of drug-likeness (QED) is 0.845. The van der Waals surface area contributed by atoms with Crippen molar-refractivity contribution < 1.29 is 9.00 Å². The summed E-state index contributed by atoms with van der Waals surface area (Å²) in [7, 11) is 1.02. The molecule has 6 heteroatoms. The molecule has 1 atom stereocenters. The standard InChI is InChI=1S/C18H23N3O2S/c1-4-21(2)16-7-5-6-15(12-16)20-18(22)19-13-14-8-10-17(11-9-14)24(3)23/h5-12H,4,13H2,1-3H3,(H2,19,20,22)/t24-/m1/s1. The minimum absolute atomic E-state index is 0.255. The van der Waals surface area contributed by atoms with Crippen LogP contribution in [0.5, 0.6) is 0 Å². The molecular weight excluding hydrogens is 322 g/mol. The average molecular weight is 345 g/mol. The lowest BCUT2D eigenvalue weighted by molar-refractivity contribution is 0.251. The van der Waals surface area contributed by atoms with Gasteiger partial charge in [-0.25, -0.2) is 4.79 Å². The normalized spacial score (nSPS) is 11.6. The van der Waals surface area contributed by atoms with E-state index in [1.54, 1.807) is 6.26 Å². The van der Waals surface area contributed by atoms with Crippen molar-refractivity contribution in [2.45, 2.75) is 18.4 Å². The molecule has 2 rings (SSSR count). The van der Waals surface area contributed by atoms with Crippen LogP contribution in [0.2, 0.25) is 0 Å². The van der Waals surface area contributed by atoms with Crippen LogP contribution in [-0.2, 0) is 17.3 Å². The Balaban J connectivity index is 1.90. The number of nitrogens with zero attached hydrogens (tertiary/aromatic N) is 1. The molecule has 0 radical (unpaired) electrons. The summed E-state index contributed by atoms with van der Waals surface area (Å²) in [6.45, 7) is 3.39. The van der Waals surface area contributed by atoms with Gasteiger partial charge < -0.3 is 15.5 Å². The van der Waals surface area contributed by atoms with E-state index in [9.17, 15) is 9.00 Å². The number of carbonyl (C=O) groups is 1. The van der Waals surface area contributed by atoms with Crippen LogP contribution in [0.15, 0.2) is 53.4 Å². The Hall–Kier alpha value is -2.34. The van der Waals surface area contributed by atoms with Crippen LogP contribution < -0.4 is 15.5 Å². The highest BCUT2D eigenvalue weighted by Crippen LogP contribution is 2.18. The Morgan fingerprint density at radius 2 is 1.88 bits per heavy atom. The number of nitrogens with one attached hydrogen (secondary N) is 2. The average Bonchev–Trinajstić information content (AvgIpc) is 2.59. The molecule has 2 aromatic carbocycles. The summed E-state index contributed by atoms with van der Waals surface area (Å²) in [5, 5.41) is 5.66. The molecule has 0 aliphatic carbocycles. The van der Waals surface area contributed by atoms with Gasteiger partial charge >= 0.3 is 6.03 Å². The Morgan fingerprint density at radius 1 is 1.17 bits per heavy atom. The Morgan fingerprint density at radius 3 is 2.50 bits per heavy atom. The van der Waals surface area contributed by atoms with Crippen molar-refractivity contribution in [2.75, 3.05) is 30.1 Å². The van der Waals surface area contributed by atoms with E-state index >= 15 is 0 Å². The maximum absolute atomic E-state index is 12.0. The summed E-state index contributed by atoms with van der Waals surface area (Å²) in [5.41, 5.74) is 2.76. The number of anilines is 2. The van der Waals surface area contributed by atoms with Gasteiger partial charge in [0.25, 0.3) is 0 Å². The van der Waals surface area contributed by atoms with Crippen LogP contribution in [0.4, 0.5) is 16.2 Å². The molecule has 2 N–H and O–H groups in total. The minimum Gasteiger partial charge on any atom is -0.375 e. The van der Waals surface area contributed by atoms with Gasteiger partial charge in [-0.15, -0.1) is 0 Å². The zero-order valence-electron chi connectivity index (χ0n) is 14.2. The largest absolute Gasteiger partial charge is 0.375 e. The molecule has 128 valence electrons.